The van der Waals surface area contributed by atoms with Gasteiger partial charge < -0.3 is 15.2 Å². The molecule has 0 unspecified atom stereocenters. The predicted molar refractivity (Wildman–Crippen MR) is 72.6 cm³/mol. The van der Waals surface area contributed by atoms with Crippen LogP contribution in [0.25, 0.3) is 0 Å². The summed E-state index contributed by atoms with van der Waals surface area (Å²) in [5.74, 6) is 1.49. The molecule has 98 valence electrons. The first-order valence-corrected chi connectivity index (χ1v) is 5.75. The third kappa shape index (κ3) is 3.45. The first-order valence-electron chi connectivity index (χ1n) is 5.75. The van der Waals surface area contributed by atoms with E-state index in [9.17, 15) is 0 Å². The van der Waals surface area contributed by atoms with E-state index < -0.39 is 0 Å². The minimum Gasteiger partial charge on any atom is -0.497 e. The number of rotatable bonds is 5. The molecular formula is C14H15N3O2. The summed E-state index contributed by atoms with van der Waals surface area (Å²) in [6, 6.07) is 10.9. The first-order chi connectivity index (χ1) is 9.19. The van der Waals surface area contributed by atoms with E-state index in [1.165, 1.54) is 0 Å². The Bertz CT molecular complexity index is 567. The van der Waals surface area contributed by atoms with E-state index in [0.29, 0.717) is 12.3 Å². The lowest BCUT2D eigenvalue weighted by molar-refractivity contribution is 0.305. The quantitative estimate of drug-likeness (QED) is 0.633. The zero-order valence-electron chi connectivity index (χ0n) is 10.6. The monoisotopic (exact) mass is 257 g/mol. The second kappa shape index (κ2) is 5.86. The van der Waals surface area contributed by atoms with Crippen LogP contribution in [-0.4, -0.2) is 17.9 Å². The molecule has 5 nitrogen and oxygen atoms in total. The number of nitrogen functional groups attached to an aromatic ring is 1. The summed E-state index contributed by atoms with van der Waals surface area (Å²) in [4.78, 5) is 3.99. The van der Waals surface area contributed by atoms with Crippen LogP contribution in [0.3, 0.4) is 0 Å². The summed E-state index contributed by atoms with van der Waals surface area (Å²) < 4.78 is 10.7. The van der Waals surface area contributed by atoms with Crippen molar-refractivity contribution in [2.24, 2.45) is 5.73 Å². The molecule has 0 bridgehead atoms. The van der Waals surface area contributed by atoms with Crippen molar-refractivity contribution in [1.82, 2.24) is 4.98 Å². The van der Waals surface area contributed by atoms with Crippen molar-refractivity contribution < 1.29 is 9.47 Å². The number of nitrogens with two attached hydrogens (primary N) is 1. The van der Waals surface area contributed by atoms with Crippen molar-refractivity contribution in [3.8, 4) is 11.5 Å². The largest absolute Gasteiger partial charge is 0.497 e. The minimum absolute atomic E-state index is 0.0497. The molecular weight excluding hydrogens is 242 g/mol. The molecule has 1 aromatic heterocycles. The molecule has 0 fully saturated rings. The van der Waals surface area contributed by atoms with Crippen molar-refractivity contribution in [3.05, 3.63) is 53.9 Å². The number of benzene rings is 1. The number of nitrogens with one attached hydrogen (secondary N) is 1. The maximum Gasteiger partial charge on any atom is 0.141 e. The van der Waals surface area contributed by atoms with Crippen LogP contribution in [0, 0.1) is 5.41 Å². The van der Waals surface area contributed by atoms with E-state index in [1.54, 1.807) is 19.4 Å². The van der Waals surface area contributed by atoms with Crippen LogP contribution in [0.2, 0.25) is 0 Å². The van der Waals surface area contributed by atoms with Crippen LogP contribution in [0.5, 0.6) is 11.5 Å². The van der Waals surface area contributed by atoms with Gasteiger partial charge in [0.25, 0.3) is 0 Å². The van der Waals surface area contributed by atoms with E-state index in [2.05, 4.69) is 4.98 Å². The number of ether oxygens (including phenoxy) is 2. The van der Waals surface area contributed by atoms with Gasteiger partial charge >= 0.3 is 0 Å². The Labute approximate surface area is 111 Å². The summed E-state index contributed by atoms with van der Waals surface area (Å²) in [6.07, 6.45) is 1.61. The molecule has 5 heteroatoms. The van der Waals surface area contributed by atoms with Gasteiger partial charge in [0, 0.05) is 6.20 Å². The number of pyridine rings is 1. The summed E-state index contributed by atoms with van der Waals surface area (Å²) >= 11 is 0. The maximum atomic E-state index is 7.33. The van der Waals surface area contributed by atoms with Crippen molar-refractivity contribution in [3.63, 3.8) is 0 Å². The number of aromatic nitrogens is 1. The average Bonchev–Trinajstić information content (AvgIpc) is 2.46. The second-order valence-electron chi connectivity index (χ2n) is 3.93. The second-order valence-corrected chi connectivity index (χ2v) is 3.93. The highest BCUT2D eigenvalue weighted by Gasteiger charge is 2.01. The molecule has 0 saturated heterocycles. The highest BCUT2D eigenvalue weighted by atomic mass is 16.5. The van der Waals surface area contributed by atoms with Gasteiger partial charge in [-0.15, -0.1) is 0 Å². The molecule has 0 atom stereocenters. The standard InChI is InChI=1S/C14H15N3O2/c1-18-11-2-4-12(5-3-11)19-9-10-6-7-17-13(8-10)14(15)16/h2-8H,9H2,1H3,(H3,15,16). The zero-order valence-corrected chi connectivity index (χ0v) is 10.6. The topological polar surface area (TPSA) is 81.2 Å². The molecule has 0 aliphatic carbocycles. The van der Waals surface area contributed by atoms with Crippen LogP contribution < -0.4 is 15.2 Å². The van der Waals surface area contributed by atoms with E-state index in [1.807, 2.05) is 30.3 Å². The van der Waals surface area contributed by atoms with E-state index in [0.717, 1.165) is 17.1 Å². The molecule has 19 heavy (non-hydrogen) atoms. The van der Waals surface area contributed by atoms with E-state index >= 15 is 0 Å². The number of nitrogens with zero attached hydrogens (tertiary/aromatic N) is 1. The van der Waals surface area contributed by atoms with Crippen LogP contribution in [0.15, 0.2) is 42.6 Å². The van der Waals surface area contributed by atoms with E-state index in [4.69, 9.17) is 20.6 Å². The highest BCUT2D eigenvalue weighted by molar-refractivity contribution is 5.93. The van der Waals surface area contributed by atoms with Crippen molar-refractivity contribution in [2.75, 3.05) is 7.11 Å². The fourth-order valence-electron chi connectivity index (χ4n) is 1.55. The average molecular weight is 257 g/mol. The first kappa shape index (κ1) is 12.9. The van der Waals surface area contributed by atoms with Gasteiger partial charge in [0.1, 0.15) is 29.6 Å². The number of hydrogen-bond donors (Lipinski definition) is 2. The molecule has 0 amide bonds. The molecule has 1 heterocycles. The Kier molecular flexibility index (Phi) is 3.97. The molecule has 2 aromatic rings. The fourth-order valence-corrected chi connectivity index (χ4v) is 1.55. The normalized spacial score (nSPS) is 9.95. The molecule has 0 radical (unpaired) electrons. The van der Waals surface area contributed by atoms with Gasteiger partial charge in [0.2, 0.25) is 0 Å². The molecule has 0 saturated carbocycles. The molecule has 1 aromatic carbocycles. The smallest absolute Gasteiger partial charge is 0.141 e. The summed E-state index contributed by atoms with van der Waals surface area (Å²) in [7, 11) is 1.62. The van der Waals surface area contributed by atoms with Gasteiger partial charge in [-0.1, -0.05) is 0 Å². The van der Waals surface area contributed by atoms with Gasteiger partial charge in [-0.05, 0) is 42.0 Å². The van der Waals surface area contributed by atoms with Gasteiger partial charge in [-0.25, -0.2) is 0 Å². The third-order valence-electron chi connectivity index (χ3n) is 2.57. The van der Waals surface area contributed by atoms with Gasteiger partial charge in [-0.3, -0.25) is 10.4 Å². The predicted octanol–water partition coefficient (Wildman–Crippen LogP) is 1.95. The summed E-state index contributed by atoms with van der Waals surface area (Å²) in [5, 5.41) is 7.33. The lowest BCUT2D eigenvalue weighted by Gasteiger charge is -2.07. The van der Waals surface area contributed by atoms with Crippen molar-refractivity contribution >= 4 is 5.84 Å². The Hall–Kier alpha value is -2.56. The Morgan fingerprint density at radius 1 is 1.21 bits per heavy atom. The van der Waals surface area contributed by atoms with E-state index in [-0.39, 0.29) is 5.84 Å². The lowest BCUT2D eigenvalue weighted by Crippen LogP contribution is -2.13. The summed E-state index contributed by atoms with van der Waals surface area (Å²) in [5.41, 5.74) is 6.76. The fraction of sp³-hybridized carbons (Fsp3) is 0.143. The molecule has 2 rings (SSSR count). The third-order valence-corrected chi connectivity index (χ3v) is 2.57. The number of methoxy groups -OCH3 is 1. The Balaban J connectivity index is 2.01. The van der Waals surface area contributed by atoms with Crippen LogP contribution >= 0.6 is 0 Å². The SMILES string of the molecule is COc1ccc(OCc2ccnc(C(=N)N)c2)cc1. The van der Waals surface area contributed by atoms with Crippen LogP contribution in [-0.2, 0) is 6.61 Å². The molecule has 0 spiro atoms. The Morgan fingerprint density at radius 2 is 1.89 bits per heavy atom. The van der Waals surface area contributed by atoms with Crippen LogP contribution in [0.1, 0.15) is 11.3 Å². The molecule has 0 aliphatic rings. The number of amidine groups is 1. The van der Waals surface area contributed by atoms with Gasteiger partial charge in [0.15, 0.2) is 0 Å². The highest BCUT2D eigenvalue weighted by Crippen LogP contribution is 2.18. The van der Waals surface area contributed by atoms with Crippen LogP contribution in [0.4, 0.5) is 0 Å². The summed E-state index contributed by atoms with van der Waals surface area (Å²) in [6.45, 7) is 0.398. The minimum atomic E-state index is -0.0497. The van der Waals surface area contributed by atoms with Crippen molar-refractivity contribution in [1.29, 1.82) is 5.41 Å². The maximum absolute atomic E-state index is 7.33. The van der Waals surface area contributed by atoms with Crippen molar-refractivity contribution in [2.45, 2.75) is 6.61 Å². The zero-order chi connectivity index (χ0) is 13.7. The van der Waals surface area contributed by atoms with Gasteiger partial charge in [0.05, 0.1) is 7.11 Å². The molecule has 3 N–H and O–H groups in total. The molecule has 0 aliphatic heterocycles. The van der Waals surface area contributed by atoms with Gasteiger partial charge in [-0.2, -0.15) is 0 Å². The Morgan fingerprint density at radius 3 is 2.53 bits per heavy atom. The number of hydrogen-bond acceptors (Lipinski definition) is 4. The lowest BCUT2D eigenvalue weighted by atomic mass is 10.2.